The Morgan fingerprint density at radius 2 is 1.81 bits per heavy atom. The van der Waals surface area contributed by atoms with Gasteiger partial charge < -0.3 is 5.32 Å². The number of nitrogens with zero attached hydrogens (tertiary/aromatic N) is 5. The SMILES string of the molecule is Cc1nc2c(NC(=O)Cc3c(C)nn(-c4ccccc4)c3C)cccn2n1. The van der Waals surface area contributed by atoms with Crippen LogP contribution in [0.15, 0.2) is 48.7 Å². The average molecular weight is 360 g/mol. The van der Waals surface area contributed by atoms with Gasteiger partial charge in [0.05, 0.1) is 23.5 Å². The molecule has 0 saturated heterocycles. The number of aromatic nitrogens is 5. The number of nitrogens with one attached hydrogen (secondary N) is 1. The molecule has 0 aliphatic heterocycles. The van der Waals surface area contributed by atoms with Crippen LogP contribution in [0.1, 0.15) is 22.8 Å². The van der Waals surface area contributed by atoms with Gasteiger partial charge in [0.25, 0.3) is 0 Å². The first-order chi connectivity index (χ1) is 13.0. The summed E-state index contributed by atoms with van der Waals surface area (Å²) in [6, 6.07) is 13.6. The standard InChI is InChI=1S/C20H20N6O/c1-13-17(14(2)26(23-13)16-8-5-4-6-9-16)12-19(27)22-18-10-7-11-25-20(18)21-15(3)24-25/h4-11H,12H2,1-3H3,(H,22,27). The lowest BCUT2D eigenvalue weighted by Crippen LogP contribution is -2.16. The Labute approximate surface area is 156 Å². The first kappa shape index (κ1) is 17.0. The van der Waals surface area contributed by atoms with Crippen molar-refractivity contribution in [2.75, 3.05) is 5.32 Å². The van der Waals surface area contributed by atoms with Gasteiger partial charge in [-0.2, -0.15) is 10.2 Å². The minimum atomic E-state index is -0.109. The van der Waals surface area contributed by atoms with Crippen molar-refractivity contribution in [3.05, 3.63) is 71.4 Å². The van der Waals surface area contributed by atoms with Crippen LogP contribution in [0.4, 0.5) is 5.69 Å². The van der Waals surface area contributed by atoms with Crippen LogP contribution in [-0.2, 0) is 11.2 Å². The maximum Gasteiger partial charge on any atom is 0.229 e. The molecule has 3 aromatic heterocycles. The number of benzene rings is 1. The predicted octanol–water partition coefficient (Wildman–Crippen LogP) is 3.02. The van der Waals surface area contributed by atoms with Crippen LogP contribution in [0.5, 0.6) is 0 Å². The van der Waals surface area contributed by atoms with Crippen LogP contribution in [-0.4, -0.2) is 30.3 Å². The molecule has 0 atom stereocenters. The summed E-state index contributed by atoms with van der Waals surface area (Å²) in [5.74, 6) is 0.551. The Morgan fingerprint density at radius 1 is 1.04 bits per heavy atom. The Kier molecular flexibility index (Phi) is 4.19. The Balaban J connectivity index is 1.59. The zero-order valence-corrected chi connectivity index (χ0v) is 15.5. The van der Waals surface area contributed by atoms with E-state index >= 15 is 0 Å². The maximum atomic E-state index is 12.7. The number of rotatable bonds is 4. The highest BCUT2D eigenvalue weighted by atomic mass is 16.1. The van der Waals surface area contributed by atoms with Crippen molar-refractivity contribution >= 4 is 17.2 Å². The van der Waals surface area contributed by atoms with Gasteiger partial charge in [0.1, 0.15) is 5.82 Å². The van der Waals surface area contributed by atoms with Gasteiger partial charge in [0.2, 0.25) is 5.91 Å². The van der Waals surface area contributed by atoms with E-state index in [1.165, 1.54) is 0 Å². The molecule has 0 radical (unpaired) electrons. The molecular weight excluding hydrogens is 340 g/mol. The number of aryl methyl sites for hydroxylation is 2. The first-order valence-electron chi connectivity index (χ1n) is 8.75. The third kappa shape index (κ3) is 3.19. The smallest absolute Gasteiger partial charge is 0.229 e. The van der Waals surface area contributed by atoms with Gasteiger partial charge in [-0.05, 0) is 45.0 Å². The lowest BCUT2D eigenvalue weighted by Gasteiger charge is -2.07. The highest BCUT2D eigenvalue weighted by Gasteiger charge is 2.17. The highest BCUT2D eigenvalue weighted by molar-refractivity contribution is 5.95. The van der Waals surface area contributed by atoms with E-state index in [4.69, 9.17) is 0 Å². The summed E-state index contributed by atoms with van der Waals surface area (Å²) >= 11 is 0. The van der Waals surface area contributed by atoms with Crippen LogP contribution in [0.2, 0.25) is 0 Å². The molecule has 136 valence electrons. The minimum absolute atomic E-state index is 0.109. The molecule has 0 spiro atoms. The number of hydrogen-bond acceptors (Lipinski definition) is 4. The summed E-state index contributed by atoms with van der Waals surface area (Å²) in [5, 5.41) is 11.8. The van der Waals surface area contributed by atoms with Gasteiger partial charge >= 0.3 is 0 Å². The number of hydrogen-bond donors (Lipinski definition) is 1. The molecule has 0 bridgehead atoms. The first-order valence-corrected chi connectivity index (χ1v) is 8.75. The molecule has 1 amide bonds. The van der Waals surface area contributed by atoms with Gasteiger partial charge in [0.15, 0.2) is 5.65 Å². The van der Waals surface area contributed by atoms with Crippen molar-refractivity contribution in [3.63, 3.8) is 0 Å². The monoisotopic (exact) mass is 360 g/mol. The molecule has 1 N–H and O–H groups in total. The molecule has 0 saturated carbocycles. The van der Waals surface area contributed by atoms with Crippen molar-refractivity contribution < 1.29 is 4.79 Å². The fraction of sp³-hybridized carbons (Fsp3) is 0.200. The molecule has 0 aliphatic rings. The lowest BCUT2D eigenvalue weighted by molar-refractivity contribution is -0.115. The Morgan fingerprint density at radius 3 is 2.59 bits per heavy atom. The molecule has 7 nitrogen and oxygen atoms in total. The second-order valence-corrected chi connectivity index (χ2v) is 6.47. The van der Waals surface area contributed by atoms with E-state index in [1.807, 2.05) is 74.1 Å². The molecule has 0 aliphatic carbocycles. The molecular formula is C20H20N6O. The van der Waals surface area contributed by atoms with E-state index in [0.717, 1.165) is 22.6 Å². The summed E-state index contributed by atoms with van der Waals surface area (Å²) in [5.41, 5.74) is 5.01. The number of carbonyl (C=O) groups is 1. The molecule has 4 aromatic rings. The van der Waals surface area contributed by atoms with E-state index < -0.39 is 0 Å². The van der Waals surface area contributed by atoms with Crippen molar-refractivity contribution in [1.29, 1.82) is 0 Å². The van der Waals surface area contributed by atoms with Crippen LogP contribution < -0.4 is 5.32 Å². The lowest BCUT2D eigenvalue weighted by atomic mass is 10.1. The Hall–Kier alpha value is -3.48. The third-order valence-corrected chi connectivity index (χ3v) is 4.52. The fourth-order valence-electron chi connectivity index (χ4n) is 3.22. The number of pyridine rings is 1. The summed E-state index contributed by atoms with van der Waals surface area (Å²) < 4.78 is 3.54. The second-order valence-electron chi connectivity index (χ2n) is 6.47. The van der Waals surface area contributed by atoms with Gasteiger partial charge in [0, 0.05) is 17.5 Å². The minimum Gasteiger partial charge on any atom is -0.323 e. The van der Waals surface area contributed by atoms with Gasteiger partial charge in [-0.1, -0.05) is 18.2 Å². The van der Waals surface area contributed by atoms with E-state index in [0.29, 0.717) is 17.2 Å². The summed E-state index contributed by atoms with van der Waals surface area (Å²) in [7, 11) is 0. The van der Waals surface area contributed by atoms with Crippen LogP contribution >= 0.6 is 0 Å². The van der Waals surface area contributed by atoms with Crippen LogP contribution in [0, 0.1) is 20.8 Å². The zero-order chi connectivity index (χ0) is 19.0. The van der Waals surface area contributed by atoms with E-state index in [-0.39, 0.29) is 12.3 Å². The number of para-hydroxylation sites is 1. The molecule has 7 heteroatoms. The number of anilines is 1. The Bertz CT molecular complexity index is 1130. The molecule has 0 unspecified atom stereocenters. The largest absolute Gasteiger partial charge is 0.323 e. The molecule has 1 aromatic carbocycles. The maximum absolute atomic E-state index is 12.7. The number of carbonyl (C=O) groups excluding carboxylic acids is 1. The van der Waals surface area contributed by atoms with Gasteiger partial charge in [-0.25, -0.2) is 14.2 Å². The van der Waals surface area contributed by atoms with Crippen molar-refractivity contribution in [2.45, 2.75) is 27.2 Å². The predicted molar refractivity (Wildman–Crippen MR) is 103 cm³/mol. The van der Waals surface area contributed by atoms with Crippen molar-refractivity contribution in [1.82, 2.24) is 24.4 Å². The van der Waals surface area contributed by atoms with Crippen LogP contribution in [0.25, 0.3) is 11.3 Å². The molecule has 4 rings (SSSR count). The quantitative estimate of drug-likeness (QED) is 0.607. The second kappa shape index (κ2) is 6.68. The van der Waals surface area contributed by atoms with E-state index in [1.54, 1.807) is 4.52 Å². The van der Waals surface area contributed by atoms with E-state index in [2.05, 4.69) is 20.5 Å². The summed E-state index contributed by atoms with van der Waals surface area (Å²) in [4.78, 5) is 17.0. The number of fused-ring (bicyclic) bond motifs is 1. The average Bonchev–Trinajstić information content (AvgIpc) is 3.17. The topological polar surface area (TPSA) is 77.1 Å². The number of amides is 1. The summed E-state index contributed by atoms with van der Waals surface area (Å²) in [6.07, 6.45) is 2.06. The van der Waals surface area contributed by atoms with E-state index in [9.17, 15) is 4.79 Å². The van der Waals surface area contributed by atoms with Crippen molar-refractivity contribution in [3.8, 4) is 5.69 Å². The fourth-order valence-corrected chi connectivity index (χ4v) is 3.22. The van der Waals surface area contributed by atoms with Crippen LogP contribution in [0.3, 0.4) is 0 Å². The molecule has 0 fully saturated rings. The molecule has 27 heavy (non-hydrogen) atoms. The van der Waals surface area contributed by atoms with Crippen molar-refractivity contribution in [2.24, 2.45) is 0 Å². The third-order valence-electron chi connectivity index (χ3n) is 4.52. The summed E-state index contributed by atoms with van der Waals surface area (Å²) in [6.45, 7) is 5.74. The highest BCUT2D eigenvalue weighted by Crippen LogP contribution is 2.20. The normalized spacial score (nSPS) is 11.1. The zero-order valence-electron chi connectivity index (χ0n) is 15.5. The molecule has 3 heterocycles. The van der Waals surface area contributed by atoms with Gasteiger partial charge in [-0.3, -0.25) is 4.79 Å². The van der Waals surface area contributed by atoms with Gasteiger partial charge in [-0.15, -0.1) is 0 Å².